The van der Waals surface area contributed by atoms with Gasteiger partial charge in [0.2, 0.25) is 0 Å². The fourth-order valence-electron chi connectivity index (χ4n) is 1.70. The normalized spacial score (nSPS) is 13.7. The Morgan fingerprint density at radius 1 is 1.29 bits per heavy atom. The van der Waals surface area contributed by atoms with Crippen molar-refractivity contribution in [3.05, 3.63) is 35.4 Å². The van der Waals surface area contributed by atoms with E-state index in [2.05, 4.69) is 17.8 Å². The Morgan fingerprint density at radius 3 is 2.33 bits per heavy atom. The minimum absolute atomic E-state index is 0.0297. The van der Waals surface area contributed by atoms with E-state index in [0.717, 1.165) is 5.48 Å². The molecule has 0 radical (unpaired) electrons. The van der Waals surface area contributed by atoms with E-state index in [4.69, 9.17) is 11.6 Å². The highest BCUT2D eigenvalue weighted by Gasteiger charge is 2.46. The molecule has 0 saturated carbocycles. The predicted octanol–water partition coefficient (Wildman–Crippen LogP) is 0.291. The first-order valence-electron chi connectivity index (χ1n) is 6.56. The molecule has 0 aliphatic rings. The van der Waals surface area contributed by atoms with Crippen molar-refractivity contribution in [3.63, 3.8) is 0 Å². The van der Waals surface area contributed by atoms with Crippen LogP contribution in [-0.4, -0.2) is 40.2 Å². The second kappa shape index (κ2) is 8.06. The smallest absolute Gasteiger partial charge is 0.269 e. The van der Waals surface area contributed by atoms with Crippen molar-refractivity contribution in [1.82, 2.24) is 10.8 Å². The number of nitrogens with one attached hydrogen (secondary N) is 2. The first-order valence-corrected chi connectivity index (χ1v) is 6.56. The Bertz CT molecular complexity index is 712. The van der Waals surface area contributed by atoms with Gasteiger partial charge in [0.15, 0.2) is 5.60 Å². The van der Waals surface area contributed by atoms with Gasteiger partial charge in [0, 0.05) is 11.1 Å². The molecule has 0 bridgehead atoms. The summed E-state index contributed by atoms with van der Waals surface area (Å²) < 4.78 is 25.8. The molecule has 0 fully saturated rings. The van der Waals surface area contributed by atoms with Crippen LogP contribution in [-0.2, 0) is 4.79 Å². The van der Waals surface area contributed by atoms with E-state index in [-0.39, 0.29) is 5.56 Å². The second-order valence-electron chi connectivity index (χ2n) is 4.88. The highest BCUT2D eigenvalue weighted by molar-refractivity contribution is 5.97. The molecule has 1 unspecified atom stereocenters. The number of halogens is 2. The zero-order valence-corrected chi connectivity index (χ0v) is 12.5. The Hall–Kier alpha value is -2.94. The molecule has 126 valence electrons. The minimum Gasteiger partial charge on any atom is -0.381 e. The van der Waals surface area contributed by atoms with Crippen LogP contribution in [0.3, 0.4) is 0 Å². The van der Waals surface area contributed by atoms with Crippen LogP contribution >= 0.6 is 0 Å². The van der Waals surface area contributed by atoms with Crippen molar-refractivity contribution in [3.8, 4) is 24.2 Å². The monoisotopic (exact) mass is 336 g/mol. The third-order valence-electron chi connectivity index (χ3n) is 3.10. The maximum absolute atomic E-state index is 12.9. The topological polar surface area (TPSA) is 98.7 Å². The van der Waals surface area contributed by atoms with Gasteiger partial charge in [-0.25, -0.2) is 14.3 Å². The molecule has 24 heavy (non-hydrogen) atoms. The van der Waals surface area contributed by atoms with Gasteiger partial charge < -0.3 is 10.4 Å². The average Bonchev–Trinajstić information content (AvgIpc) is 2.57. The number of hydrogen-bond acceptors (Lipinski definition) is 4. The van der Waals surface area contributed by atoms with Crippen molar-refractivity contribution < 1.29 is 28.7 Å². The van der Waals surface area contributed by atoms with E-state index in [1.807, 2.05) is 5.32 Å². The summed E-state index contributed by atoms with van der Waals surface area (Å²) in [6.45, 7) is 0.663. The van der Waals surface area contributed by atoms with Gasteiger partial charge in [-0.1, -0.05) is 5.92 Å². The quantitative estimate of drug-likeness (QED) is 0.353. The van der Waals surface area contributed by atoms with Crippen molar-refractivity contribution >= 4 is 11.8 Å². The van der Waals surface area contributed by atoms with Crippen LogP contribution in [0.25, 0.3) is 0 Å². The largest absolute Gasteiger partial charge is 0.381 e. The molecule has 0 aliphatic carbocycles. The summed E-state index contributed by atoms with van der Waals surface area (Å²) in [7, 11) is 0. The van der Waals surface area contributed by atoms with Gasteiger partial charge in [-0.05, 0) is 43.0 Å². The Balaban J connectivity index is 3.01. The van der Waals surface area contributed by atoms with Gasteiger partial charge in [-0.2, -0.15) is 0 Å². The number of terminal acetylenes is 1. The lowest BCUT2D eigenvalue weighted by atomic mass is 9.95. The van der Waals surface area contributed by atoms with Crippen LogP contribution in [0.2, 0.25) is 0 Å². The summed E-state index contributed by atoms with van der Waals surface area (Å²) >= 11 is 0. The Morgan fingerprint density at radius 2 is 1.88 bits per heavy atom. The lowest BCUT2D eigenvalue weighted by molar-refractivity contribution is -0.149. The van der Waals surface area contributed by atoms with Crippen LogP contribution in [0.5, 0.6) is 0 Å². The Labute approximate surface area is 136 Å². The molecule has 1 rings (SSSR count). The molecule has 8 heteroatoms. The molecule has 0 aromatic heterocycles. The molecule has 6 nitrogen and oxygen atoms in total. The number of rotatable bonds is 5. The highest BCUT2D eigenvalue weighted by atomic mass is 19.3. The summed E-state index contributed by atoms with van der Waals surface area (Å²) in [6, 6.07) is 3.52. The summed E-state index contributed by atoms with van der Waals surface area (Å²) in [5, 5.41) is 20.3. The van der Waals surface area contributed by atoms with Gasteiger partial charge >= 0.3 is 0 Å². The number of benzene rings is 1. The van der Waals surface area contributed by atoms with Crippen LogP contribution in [0.15, 0.2) is 24.3 Å². The number of hydroxylamine groups is 1. The van der Waals surface area contributed by atoms with Crippen molar-refractivity contribution in [2.24, 2.45) is 0 Å². The summed E-state index contributed by atoms with van der Waals surface area (Å²) in [5.74, 6) is 4.83. The first kappa shape index (κ1) is 19.1. The van der Waals surface area contributed by atoms with Crippen LogP contribution in [0.4, 0.5) is 8.78 Å². The summed E-state index contributed by atoms with van der Waals surface area (Å²) in [4.78, 5) is 23.6. The first-order chi connectivity index (χ1) is 11.2. The van der Waals surface area contributed by atoms with Gasteiger partial charge in [0.25, 0.3) is 18.2 Å². The van der Waals surface area contributed by atoms with Crippen LogP contribution in [0, 0.1) is 24.2 Å². The number of alkyl halides is 2. The minimum atomic E-state index is -3.35. The second-order valence-corrected chi connectivity index (χ2v) is 4.88. The third kappa shape index (κ3) is 4.53. The van der Waals surface area contributed by atoms with E-state index in [0.29, 0.717) is 12.5 Å². The SMILES string of the molecule is C#CC#Cc1ccc(C(=O)N[C@H](C(=O)NO)C(C)(O)C(F)F)cc1. The standard InChI is InChI=1S/C16H14F2N2O4/c1-3-4-5-10-6-8-11(9-7-10)13(21)19-12(14(22)20-24)16(2,23)15(17)18/h1,6-9,12,15,23-24H,2H3,(H,19,21)(H,20,22)/t12-,16?/m1/s1. The molecule has 0 spiro atoms. The fourth-order valence-corrected chi connectivity index (χ4v) is 1.70. The predicted molar refractivity (Wildman–Crippen MR) is 80.0 cm³/mol. The van der Waals surface area contributed by atoms with Crippen molar-refractivity contribution in [2.75, 3.05) is 0 Å². The molecule has 0 heterocycles. The fraction of sp³-hybridized carbons (Fsp3) is 0.250. The maximum atomic E-state index is 12.9. The lowest BCUT2D eigenvalue weighted by Crippen LogP contribution is -2.61. The van der Waals surface area contributed by atoms with Gasteiger partial charge in [0.1, 0.15) is 6.04 Å². The van der Waals surface area contributed by atoms with E-state index in [1.54, 1.807) is 0 Å². The van der Waals surface area contributed by atoms with Gasteiger partial charge in [0.05, 0.1) is 0 Å². The summed E-state index contributed by atoms with van der Waals surface area (Å²) in [6.07, 6.45) is 1.64. The van der Waals surface area contributed by atoms with Gasteiger partial charge in [-0.3, -0.25) is 14.8 Å². The van der Waals surface area contributed by atoms with Gasteiger partial charge in [-0.15, -0.1) is 6.42 Å². The Kier molecular flexibility index (Phi) is 6.42. The zero-order chi connectivity index (χ0) is 18.3. The van der Waals surface area contributed by atoms with E-state index in [1.165, 1.54) is 24.3 Å². The molecular formula is C16H14F2N2O4. The highest BCUT2D eigenvalue weighted by Crippen LogP contribution is 2.20. The number of hydrogen-bond donors (Lipinski definition) is 4. The van der Waals surface area contributed by atoms with Crippen LogP contribution in [0.1, 0.15) is 22.8 Å². The molecule has 4 N–H and O–H groups in total. The number of amides is 2. The molecule has 2 atom stereocenters. The molecule has 0 aliphatic heterocycles. The van der Waals surface area contributed by atoms with E-state index >= 15 is 0 Å². The van der Waals surface area contributed by atoms with Crippen molar-refractivity contribution in [2.45, 2.75) is 25.0 Å². The average molecular weight is 336 g/mol. The van der Waals surface area contributed by atoms with E-state index < -0.39 is 29.9 Å². The molecule has 1 aromatic rings. The molecule has 1 aromatic carbocycles. The van der Waals surface area contributed by atoms with E-state index in [9.17, 15) is 23.5 Å². The number of carbonyl (C=O) groups excluding carboxylic acids is 2. The molecule has 0 saturated heterocycles. The number of aliphatic hydroxyl groups is 1. The summed E-state index contributed by atoms with van der Waals surface area (Å²) in [5.41, 5.74) is -1.21. The maximum Gasteiger partial charge on any atom is 0.269 e. The number of carbonyl (C=O) groups is 2. The molecular weight excluding hydrogens is 322 g/mol. The third-order valence-corrected chi connectivity index (χ3v) is 3.10. The zero-order valence-electron chi connectivity index (χ0n) is 12.5. The molecule has 2 amide bonds. The van der Waals surface area contributed by atoms with Crippen LogP contribution < -0.4 is 10.8 Å². The lowest BCUT2D eigenvalue weighted by Gasteiger charge is -2.30. The van der Waals surface area contributed by atoms with Crippen molar-refractivity contribution in [1.29, 1.82) is 0 Å².